The number of anilines is 2. The van der Waals surface area contributed by atoms with Crippen LogP contribution in [-0.2, 0) is 6.42 Å². The van der Waals surface area contributed by atoms with Crippen molar-refractivity contribution in [2.75, 3.05) is 11.1 Å². The second kappa shape index (κ2) is 5.74. The minimum atomic E-state index is -0.166. The largest absolute Gasteiger partial charge is 0.384 e. The SMILES string of the molecule is CCc1cc(C(=O)Nc2ccc(C)cc2C)cc(N)n1. The van der Waals surface area contributed by atoms with Gasteiger partial charge in [0.25, 0.3) is 5.91 Å². The Morgan fingerprint density at radius 1 is 1.25 bits per heavy atom. The molecule has 0 spiro atoms. The third kappa shape index (κ3) is 3.15. The van der Waals surface area contributed by atoms with Crippen molar-refractivity contribution >= 4 is 17.4 Å². The van der Waals surface area contributed by atoms with Gasteiger partial charge in [-0.2, -0.15) is 0 Å². The number of amides is 1. The molecule has 104 valence electrons. The molecule has 0 saturated carbocycles. The number of aromatic nitrogens is 1. The number of carbonyl (C=O) groups excluding carboxylic acids is 1. The zero-order chi connectivity index (χ0) is 14.7. The molecule has 20 heavy (non-hydrogen) atoms. The van der Waals surface area contributed by atoms with Gasteiger partial charge in [-0.05, 0) is 44.0 Å². The summed E-state index contributed by atoms with van der Waals surface area (Å²) in [6, 6.07) is 9.29. The number of rotatable bonds is 3. The number of pyridine rings is 1. The number of nitrogens with two attached hydrogens (primary N) is 1. The number of nitrogens with zero attached hydrogens (tertiary/aromatic N) is 1. The van der Waals surface area contributed by atoms with E-state index in [-0.39, 0.29) is 5.91 Å². The molecule has 0 aliphatic carbocycles. The van der Waals surface area contributed by atoms with Crippen molar-refractivity contribution in [3.05, 3.63) is 52.7 Å². The van der Waals surface area contributed by atoms with E-state index in [2.05, 4.69) is 10.3 Å². The predicted molar refractivity (Wildman–Crippen MR) is 81.9 cm³/mol. The molecule has 1 amide bonds. The maximum atomic E-state index is 12.3. The Labute approximate surface area is 119 Å². The Kier molecular flexibility index (Phi) is 4.03. The molecule has 0 saturated heterocycles. The van der Waals surface area contributed by atoms with Crippen LogP contribution in [0.1, 0.15) is 34.1 Å². The van der Waals surface area contributed by atoms with E-state index < -0.39 is 0 Å². The Bertz CT molecular complexity index is 650. The van der Waals surface area contributed by atoms with Gasteiger partial charge in [-0.15, -0.1) is 0 Å². The van der Waals surface area contributed by atoms with Crippen LogP contribution in [0.25, 0.3) is 0 Å². The summed E-state index contributed by atoms with van der Waals surface area (Å²) in [6.07, 6.45) is 0.745. The highest BCUT2D eigenvalue weighted by molar-refractivity contribution is 6.05. The van der Waals surface area contributed by atoms with Crippen molar-refractivity contribution in [3.63, 3.8) is 0 Å². The Morgan fingerprint density at radius 3 is 2.65 bits per heavy atom. The van der Waals surface area contributed by atoms with E-state index in [1.54, 1.807) is 12.1 Å². The quantitative estimate of drug-likeness (QED) is 0.899. The molecule has 1 heterocycles. The van der Waals surface area contributed by atoms with Crippen LogP contribution < -0.4 is 11.1 Å². The van der Waals surface area contributed by atoms with Gasteiger partial charge in [-0.3, -0.25) is 4.79 Å². The van der Waals surface area contributed by atoms with Crippen molar-refractivity contribution in [2.24, 2.45) is 0 Å². The molecular formula is C16H19N3O. The van der Waals surface area contributed by atoms with Gasteiger partial charge in [-0.1, -0.05) is 24.6 Å². The minimum absolute atomic E-state index is 0.166. The summed E-state index contributed by atoms with van der Waals surface area (Å²) in [7, 11) is 0. The van der Waals surface area contributed by atoms with Crippen molar-refractivity contribution < 1.29 is 4.79 Å². The molecule has 3 N–H and O–H groups in total. The summed E-state index contributed by atoms with van der Waals surface area (Å²) in [5, 5.41) is 2.91. The molecule has 0 unspecified atom stereocenters. The molecule has 0 radical (unpaired) electrons. The molecule has 4 heteroatoms. The lowest BCUT2D eigenvalue weighted by Crippen LogP contribution is -2.14. The molecule has 2 rings (SSSR count). The van der Waals surface area contributed by atoms with E-state index in [1.807, 2.05) is 39.0 Å². The van der Waals surface area contributed by atoms with Gasteiger partial charge >= 0.3 is 0 Å². The van der Waals surface area contributed by atoms with Gasteiger partial charge in [0.15, 0.2) is 0 Å². The van der Waals surface area contributed by atoms with E-state index >= 15 is 0 Å². The number of nitrogen functional groups attached to an aromatic ring is 1. The van der Waals surface area contributed by atoms with Gasteiger partial charge in [0.1, 0.15) is 5.82 Å². The van der Waals surface area contributed by atoms with E-state index in [1.165, 1.54) is 5.56 Å². The van der Waals surface area contributed by atoms with Gasteiger partial charge in [0.05, 0.1) is 0 Å². The zero-order valence-electron chi connectivity index (χ0n) is 12.0. The second-order valence-corrected chi connectivity index (χ2v) is 4.90. The first-order valence-corrected chi connectivity index (χ1v) is 6.64. The van der Waals surface area contributed by atoms with E-state index in [0.717, 1.165) is 23.4 Å². The minimum Gasteiger partial charge on any atom is -0.384 e. The first-order valence-electron chi connectivity index (χ1n) is 6.64. The fraction of sp³-hybridized carbons (Fsp3) is 0.250. The van der Waals surface area contributed by atoms with Gasteiger partial charge in [-0.25, -0.2) is 4.98 Å². The monoisotopic (exact) mass is 269 g/mol. The molecular weight excluding hydrogens is 250 g/mol. The average molecular weight is 269 g/mol. The van der Waals surface area contributed by atoms with Crippen molar-refractivity contribution in [3.8, 4) is 0 Å². The number of carbonyl (C=O) groups is 1. The lowest BCUT2D eigenvalue weighted by Gasteiger charge is -2.10. The highest BCUT2D eigenvalue weighted by atomic mass is 16.1. The standard InChI is InChI=1S/C16H19N3O/c1-4-13-8-12(9-15(17)18-13)16(20)19-14-6-5-10(2)7-11(14)3/h5-9H,4H2,1-3H3,(H2,17,18)(H,19,20). The third-order valence-electron chi connectivity index (χ3n) is 3.15. The van der Waals surface area contributed by atoms with E-state index in [4.69, 9.17) is 5.73 Å². The fourth-order valence-corrected chi connectivity index (χ4v) is 2.07. The predicted octanol–water partition coefficient (Wildman–Crippen LogP) is 3.10. The molecule has 0 aliphatic rings. The van der Waals surface area contributed by atoms with Gasteiger partial charge < -0.3 is 11.1 Å². The zero-order valence-corrected chi connectivity index (χ0v) is 12.0. The molecule has 0 aliphatic heterocycles. The molecule has 0 bridgehead atoms. The Hall–Kier alpha value is -2.36. The summed E-state index contributed by atoms with van der Waals surface area (Å²) in [5.74, 6) is 0.205. The normalized spacial score (nSPS) is 10.3. The van der Waals surface area contributed by atoms with Crippen LogP contribution in [0.4, 0.5) is 11.5 Å². The summed E-state index contributed by atoms with van der Waals surface area (Å²) in [6.45, 7) is 5.98. The summed E-state index contributed by atoms with van der Waals surface area (Å²) < 4.78 is 0. The number of nitrogens with one attached hydrogen (secondary N) is 1. The van der Waals surface area contributed by atoms with E-state index in [9.17, 15) is 4.79 Å². The van der Waals surface area contributed by atoms with Crippen LogP contribution in [0.2, 0.25) is 0 Å². The van der Waals surface area contributed by atoms with Crippen LogP contribution in [0, 0.1) is 13.8 Å². The molecule has 1 aromatic heterocycles. The highest BCUT2D eigenvalue weighted by Crippen LogP contribution is 2.18. The maximum absolute atomic E-state index is 12.3. The first kappa shape index (κ1) is 14.1. The average Bonchev–Trinajstić information content (AvgIpc) is 2.41. The van der Waals surface area contributed by atoms with Crippen LogP contribution >= 0.6 is 0 Å². The van der Waals surface area contributed by atoms with Crippen LogP contribution in [0.5, 0.6) is 0 Å². The summed E-state index contributed by atoms with van der Waals surface area (Å²) in [5.41, 5.74) is 10.1. The summed E-state index contributed by atoms with van der Waals surface area (Å²) in [4.78, 5) is 16.4. The molecule has 0 atom stereocenters. The van der Waals surface area contributed by atoms with Gasteiger partial charge in [0.2, 0.25) is 0 Å². The fourth-order valence-electron chi connectivity index (χ4n) is 2.07. The number of aryl methyl sites for hydroxylation is 3. The lowest BCUT2D eigenvalue weighted by molar-refractivity contribution is 0.102. The van der Waals surface area contributed by atoms with Crippen molar-refractivity contribution in [1.29, 1.82) is 0 Å². The lowest BCUT2D eigenvalue weighted by atomic mass is 10.1. The molecule has 1 aromatic carbocycles. The molecule has 4 nitrogen and oxygen atoms in total. The molecule has 2 aromatic rings. The first-order chi connectivity index (χ1) is 9.49. The molecule has 0 fully saturated rings. The second-order valence-electron chi connectivity index (χ2n) is 4.90. The number of hydrogen-bond donors (Lipinski definition) is 2. The smallest absolute Gasteiger partial charge is 0.255 e. The van der Waals surface area contributed by atoms with Crippen molar-refractivity contribution in [2.45, 2.75) is 27.2 Å². The van der Waals surface area contributed by atoms with Crippen molar-refractivity contribution in [1.82, 2.24) is 4.98 Å². The maximum Gasteiger partial charge on any atom is 0.255 e. The van der Waals surface area contributed by atoms with Gasteiger partial charge in [0, 0.05) is 16.9 Å². The van der Waals surface area contributed by atoms with E-state index in [0.29, 0.717) is 11.4 Å². The Balaban J connectivity index is 2.26. The number of hydrogen-bond acceptors (Lipinski definition) is 3. The third-order valence-corrected chi connectivity index (χ3v) is 3.15. The Morgan fingerprint density at radius 2 is 2.00 bits per heavy atom. The highest BCUT2D eigenvalue weighted by Gasteiger charge is 2.10. The van der Waals surface area contributed by atoms with Crippen LogP contribution in [-0.4, -0.2) is 10.9 Å². The topological polar surface area (TPSA) is 68.0 Å². The summed E-state index contributed by atoms with van der Waals surface area (Å²) >= 11 is 0. The van der Waals surface area contributed by atoms with Crippen LogP contribution in [0.15, 0.2) is 30.3 Å². The number of benzene rings is 1. The van der Waals surface area contributed by atoms with Crippen LogP contribution in [0.3, 0.4) is 0 Å².